The molecular weight excluding hydrogens is 293 g/mol. The molecule has 0 bridgehead atoms. The fourth-order valence-electron chi connectivity index (χ4n) is 0.971. The van der Waals surface area contributed by atoms with Crippen molar-refractivity contribution < 1.29 is 9.63 Å². The summed E-state index contributed by atoms with van der Waals surface area (Å²) >= 11 is 13.2. The van der Waals surface area contributed by atoms with Crippen LogP contribution >= 0.6 is 35.0 Å². The van der Waals surface area contributed by atoms with Crippen LogP contribution in [-0.4, -0.2) is 17.3 Å². The molecule has 0 radical (unpaired) electrons. The molecule has 0 heterocycles. The van der Waals surface area contributed by atoms with E-state index < -0.39 is 5.60 Å². The van der Waals surface area contributed by atoms with E-state index in [0.29, 0.717) is 10.0 Å². The van der Waals surface area contributed by atoms with Crippen LogP contribution in [0.5, 0.6) is 0 Å². The number of carbonyl (C=O) groups is 1. The molecule has 1 amide bonds. The lowest BCUT2D eigenvalue weighted by Gasteiger charge is -2.18. The Kier molecular flexibility index (Phi) is 5.79. The van der Waals surface area contributed by atoms with Gasteiger partial charge in [0.05, 0.1) is 16.4 Å². The van der Waals surface area contributed by atoms with Gasteiger partial charge in [0.2, 0.25) is 0 Å². The molecule has 1 aromatic rings. The highest BCUT2D eigenvalue weighted by molar-refractivity contribution is 8.00. The fourth-order valence-corrected chi connectivity index (χ4v) is 2.25. The summed E-state index contributed by atoms with van der Waals surface area (Å²) in [4.78, 5) is 17.5. The third kappa shape index (κ3) is 5.96. The third-order valence-electron chi connectivity index (χ3n) is 1.72. The molecular formula is C12H15Cl2NO2S. The first kappa shape index (κ1) is 15.6. The van der Waals surface area contributed by atoms with Crippen LogP contribution < -0.4 is 5.48 Å². The minimum Gasteiger partial charge on any atom is -0.272 e. The monoisotopic (exact) mass is 307 g/mol. The van der Waals surface area contributed by atoms with Crippen LogP contribution in [-0.2, 0) is 9.63 Å². The summed E-state index contributed by atoms with van der Waals surface area (Å²) in [7, 11) is 0. The third-order valence-corrected chi connectivity index (χ3v) is 3.46. The van der Waals surface area contributed by atoms with Gasteiger partial charge in [-0.2, -0.15) is 0 Å². The van der Waals surface area contributed by atoms with Crippen molar-refractivity contribution in [2.75, 3.05) is 5.75 Å². The van der Waals surface area contributed by atoms with Crippen molar-refractivity contribution in [1.82, 2.24) is 5.48 Å². The zero-order chi connectivity index (χ0) is 13.8. The number of amides is 1. The van der Waals surface area contributed by atoms with Crippen LogP contribution in [0.2, 0.25) is 10.0 Å². The Balaban J connectivity index is 2.45. The predicted octanol–water partition coefficient (Wildman–Crippen LogP) is 3.93. The van der Waals surface area contributed by atoms with E-state index in [2.05, 4.69) is 5.48 Å². The summed E-state index contributed by atoms with van der Waals surface area (Å²) in [5.41, 5.74) is 1.98. The van der Waals surface area contributed by atoms with Crippen molar-refractivity contribution in [2.24, 2.45) is 0 Å². The Morgan fingerprint density at radius 3 is 2.67 bits per heavy atom. The van der Waals surface area contributed by atoms with Gasteiger partial charge >= 0.3 is 0 Å². The van der Waals surface area contributed by atoms with Gasteiger partial charge in [-0.25, -0.2) is 5.48 Å². The highest BCUT2D eigenvalue weighted by Gasteiger charge is 2.13. The van der Waals surface area contributed by atoms with Crippen LogP contribution in [0.3, 0.4) is 0 Å². The zero-order valence-corrected chi connectivity index (χ0v) is 12.7. The molecule has 1 rings (SSSR count). The molecule has 0 fully saturated rings. The lowest BCUT2D eigenvalue weighted by Crippen LogP contribution is -2.34. The average Bonchev–Trinajstić information content (AvgIpc) is 2.26. The number of carbonyl (C=O) groups excluding carboxylic acids is 1. The maximum Gasteiger partial charge on any atom is 0.253 e. The van der Waals surface area contributed by atoms with Crippen molar-refractivity contribution in [3.63, 3.8) is 0 Å². The summed E-state index contributed by atoms with van der Waals surface area (Å²) in [6, 6.07) is 5.14. The van der Waals surface area contributed by atoms with Gasteiger partial charge in [0.1, 0.15) is 0 Å². The van der Waals surface area contributed by atoms with E-state index in [9.17, 15) is 4.79 Å². The van der Waals surface area contributed by atoms with Crippen molar-refractivity contribution in [2.45, 2.75) is 31.3 Å². The van der Waals surface area contributed by atoms with E-state index in [1.807, 2.05) is 20.8 Å². The Bertz CT molecular complexity index is 433. The lowest BCUT2D eigenvalue weighted by molar-refractivity contribution is -0.142. The topological polar surface area (TPSA) is 38.3 Å². The normalized spacial score (nSPS) is 11.4. The first-order valence-electron chi connectivity index (χ1n) is 5.32. The van der Waals surface area contributed by atoms with E-state index in [-0.39, 0.29) is 11.7 Å². The largest absolute Gasteiger partial charge is 0.272 e. The fraction of sp³-hybridized carbons (Fsp3) is 0.417. The molecule has 0 saturated heterocycles. The van der Waals surface area contributed by atoms with E-state index in [4.69, 9.17) is 28.0 Å². The Morgan fingerprint density at radius 1 is 1.39 bits per heavy atom. The number of hydrogen-bond acceptors (Lipinski definition) is 3. The van der Waals surface area contributed by atoms with Crippen LogP contribution in [0.4, 0.5) is 0 Å². The molecule has 0 unspecified atom stereocenters. The van der Waals surface area contributed by atoms with Gasteiger partial charge in [0.15, 0.2) is 0 Å². The SMILES string of the molecule is CC(C)(C)ONC(=O)CSc1cc(Cl)ccc1Cl. The molecule has 3 nitrogen and oxygen atoms in total. The van der Waals surface area contributed by atoms with Crippen molar-refractivity contribution >= 4 is 40.9 Å². The Labute approximate surface area is 121 Å². The van der Waals surface area contributed by atoms with Gasteiger partial charge in [-0.05, 0) is 39.0 Å². The van der Waals surface area contributed by atoms with Crippen LogP contribution in [0.15, 0.2) is 23.1 Å². The summed E-state index contributed by atoms with van der Waals surface area (Å²) in [5, 5.41) is 1.17. The molecule has 0 aliphatic rings. The van der Waals surface area contributed by atoms with Gasteiger partial charge in [-0.3, -0.25) is 9.63 Å². The summed E-state index contributed by atoms with van der Waals surface area (Å²) in [6.07, 6.45) is 0. The Hall–Kier alpha value is -0.420. The number of hydrogen-bond donors (Lipinski definition) is 1. The van der Waals surface area contributed by atoms with Crippen molar-refractivity contribution in [1.29, 1.82) is 0 Å². The molecule has 1 N–H and O–H groups in total. The van der Waals surface area contributed by atoms with Gasteiger partial charge in [-0.15, -0.1) is 11.8 Å². The molecule has 1 aromatic carbocycles. The van der Waals surface area contributed by atoms with Gasteiger partial charge in [0, 0.05) is 9.92 Å². The maximum atomic E-state index is 11.5. The maximum absolute atomic E-state index is 11.5. The number of rotatable bonds is 4. The molecule has 0 aromatic heterocycles. The second kappa shape index (κ2) is 6.66. The standard InChI is InChI=1S/C12H15Cl2NO2S/c1-12(2,3)17-15-11(16)7-18-10-6-8(13)4-5-9(10)14/h4-6H,7H2,1-3H3,(H,15,16). The smallest absolute Gasteiger partial charge is 0.253 e. The lowest BCUT2D eigenvalue weighted by atomic mass is 10.2. The second-order valence-corrected chi connectivity index (χ2v) is 6.46. The van der Waals surface area contributed by atoms with Gasteiger partial charge in [-0.1, -0.05) is 23.2 Å². The molecule has 0 aliphatic carbocycles. The molecule has 0 saturated carbocycles. The van der Waals surface area contributed by atoms with E-state index in [1.54, 1.807) is 18.2 Å². The summed E-state index contributed by atoms with van der Waals surface area (Å²) in [6.45, 7) is 5.57. The summed E-state index contributed by atoms with van der Waals surface area (Å²) < 4.78 is 0. The molecule has 0 atom stereocenters. The first-order chi connectivity index (χ1) is 8.28. The molecule has 0 spiro atoms. The molecule has 18 heavy (non-hydrogen) atoms. The number of hydroxylamine groups is 1. The van der Waals surface area contributed by atoms with E-state index >= 15 is 0 Å². The predicted molar refractivity (Wildman–Crippen MR) is 76.2 cm³/mol. The van der Waals surface area contributed by atoms with Crippen LogP contribution in [0, 0.1) is 0 Å². The molecule has 100 valence electrons. The highest BCUT2D eigenvalue weighted by atomic mass is 35.5. The van der Waals surface area contributed by atoms with Gasteiger partial charge < -0.3 is 0 Å². The minimum atomic E-state index is -0.409. The van der Waals surface area contributed by atoms with Crippen molar-refractivity contribution in [3.8, 4) is 0 Å². The van der Waals surface area contributed by atoms with Crippen LogP contribution in [0.25, 0.3) is 0 Å². The molecule has 0 aliphatic heterocycles. The number of halogens is 2. The zero-order valence-electron chi connectivity index (χ0n) is 10.4. The van der Waals surface area contributed by atoms with Crippen molar-refractivity contribution in [3.05, 3.63) is 28.2 Å². The Morgan fingerprint density at radius 2 is 2.06 bits per heavy atom. The number of benzene rings is 1. The summed E-state index contributed by atoms with van der Waals surface area (Å²) in [5.74, 6) is 0.00170. The van der Waals surface area contributed by atoms with Crippen LogP contribution in [0.1, 0.15) is 20.8 Å². The highest BCUT2D eigenvalue weighted by Crippen LogP contribution is 2.29. The second-order valence-electron chi connectivity index (χ2n) is 4.60. The number of thioether (sulfide) groups is 1. The van der Waals surface area contributed by atoms with E-state index in [1.165, 1.54) is 11.8 Å². The quantitative estimate of drug-likeness (QED) is 0.676. The minimum absolute atomic E-state index is 0.217. The first-order valence-corrected chi connectivity index (χ1v) is 7.07. The van der Waals surface area contributed by atoms with Gasteiger partial charge in [0.25, 0.3) is 5.91 Å². The average molecular weight is 308 g/mol. The van der Waals surface area contributed by atoms with E-state index in [0.717, 1.165) is 4.90 Å². The number of nitrogens with one attached hydrogen (secondary N) is 1. The molecule has 6 heteroatoms.